The highest BCUT2D eigenvalue weighted by molar-refractivity contribution is 6.38. The van der Waals surface area contributed by atoms with Crippen molar-refractivity contribution < 1.29 is 4.52 Å². The van der Waals surface area contributed by atoms with Crippen LogP contribution in [0.2, 0.25) is 10.0 Å². The summed E-state index contributed by atoms with van der Waals surface area (Å²) in [5.41, 5.74) is 0.948. The molecule has 0 amide bonds. The predicted octanol–water partition coefficient (Wildman–Crippen LogP) is 3.69. The number of hydrogen-bond donors (Lipinski definition) is 0. The Kier molecular flexibility index (Phi) is 2.76. The Labute approximate surface area is 113 Å². The first-order valence-corrected chi connectivity index (χ1v) is 6.12. The zero-order valence-corrected chi connectivity index (χ0v) is 11.0. The summed E-state index contributed by atoms with van der Waals surface area (Å²) in [5, 5.41) is 5.96. The SMILES string of the molecule is Cc1noc(Cn2ccc3c(Cl)cc(Cl)cc32)n1. The van der Waals surface area contributed by atoms with Crippen LogP contribution in [0.4, 0.5) is 0 Å². The molecule has 0 saturated heterocycles. The van der Waals surface area contributed by atoms with Crippen LogP contribution >= 0.6 is 23.2 Å². The van der Waals surface area contributed by atoms with Gasteiger partial charge in [-0.25, -0.2) is 0 Å². The molecule has 3 rings (SSSR count). The van der Waals surface area contributed by atoms with E-state index in [9.17, 15) is 0 Å². The maximum absolute atomic E-state index is 6.13. The van der Waals surface area contributed by atoms with E-state index >= 15 is 0 Å². The van der Waals surface area contributed by atoms with Gasteiger partial charge >= 0.3 is 0 Å². The fraction of sp³-hybridized carbons (Fsp3) is 0.167. The van der Waals surface area contributed by atoms with Gasteiger partial charge in [0.05, 0.1) is 10.5 Å². The number of rotatable bonds is 2. The molecular weight excluding hydrogens is 273 g/mol. The van der Waals surface area contributed by atoms with Crippen molar-refractivity contribution in [2.24, 2.45) is 0 Å². The summed E-state index contributed by atoms with van der Waals surface area (Å²) in [6.07, 6.45) is 1.92. The fourth-order valence-electron chi connectivity index (χ4n) is 1.91. The zero-order chi connectivity index (χ0) is 12.7. The van der Waals surface area contributed by atoms with Crippen molar-refractivity contribution in [3.63, 3.8) is 0 Å². The van der Waals surface area contributed by atoms with E-state index in [1.165, 1.54) is 0 Å². The second-order valence-corrected chi connectivity index (χ2v) is 4.84. The van der Waals surface area contributed by atoms with E-state index in [1.807, 2.05) is 22.9 Å². The number of fused-ring (bicyclic) bond motifs is 1. The molecule has 2 heterocycles. The maximum atomic E-state index is 6.13. The molecule has 2 aromatic heterocycles. The minimum Gasteiger partial charge on any atom is -0.338 e. The second kappa shape index (κ2) is 4.30. The summed E-state index contributed by atoms with van der Waals surface area (Å²) in [4.78, 5) is 4.17. The quantitative estimate of drug-likeness (QED) is 0.720. The van der Waals surface area contributed by atoms with Gasteiger partial charge in [-0.15, -0.1) is 0 Å². The lowest BCUT2D eigenvalue weighted by Crippen LogP contribution is -1.98. The molecule has 0 radical (unpaired) electrons. The van der Waals surface area contributed by atoms with E-state index in [4.69, 9.17) is 27.7 Å². The van der Waals surface area contributed by atoms with Gasteiger partial charge in [-0.1, -0.05) is 28.4 Å². The summed E-state index contributed by atoms with van der Waals surface area (Å²) in [5.74, 6) is 1.18. The van der Waals surface area contributed by atoms with Gasteiger partial charge in [-0.2, -0.15) is 4.98 Å². The zero-order valence-electron chi connectivity index (χ0n) is 9.52. The van der Waals surface area contributed by atoms with Crippen LogP contribution in [0.1, 0.15) is 11.7 Å². The van der Waals surface area contributed by atoms with Crippen molar-refractivity contribution in [1.82, 2.24) is 14.7 Å². The highest BCUT2D eigenvalue weighted by atomic mass is 35.5. The van der Waals surface area contributed by atoms with Gasteiger partial charge < -0.3 is 9.09 Å². The third-order valence-corrected chi connectivity index (χ3v) is 3.21. The van der Waals surface area contributed by atoms with Crippen LogP contribution in [-0.4, -0.2) is 14.7 Å². The highest BCUT2D eigenvalue weighted by Crippen LogP contribution is 2.29. The van der Waals surface area contributed by atoms with Crippen molar-refractivity contribution in [3.05, 3.63) is 46.2 Å². The minimum atomic E-state index is 0.501. The van der Waals surface area contributed by atoms with Crippen molar-refractivity contribution >= 4 is 34.1 Å². The molecular formula is C12H9Cl2N3O. The normalized spacial score (nSPS) is 11.3. The Morgan fingerprint density at radius 3 is 2.89 bits per heavy atom. The summed E-state index contributed by atoms with van der Waals surface area (Å²) >= 11 is 12.1. The van der Waals surface area contributed by atoms with Gasteiger partial charge in [0.15, 0.2) is 5.82 Å². The third kappa shape index (κ3) is 1.98. The van der Waals surface area contributed by atoms with Gasteiger partial charge in [0.1, 0.15) is 6.54 Å². The first kappa shape index (κ1) is 11.6. The molecule has 92 valence electrons. The van der Waals surface area contributed by atoms with Crippen molar-refractivity contribution in [2.45, 2.75) is 13.5 Å². The van der Waals surface area contributed by atoms with Gasteiger partial charge in [-0.3, -0.25) is 0 Å². The second-order valence-electron chi connectivity index (χ2n) is 4.00. The molecule has 4 nitrogen and oxygen atoms in total. The van der Waals surface area contributed by atoms with Crippen molar-refractivity contribution in [1.29, 1.82) is 0 Å². The number of benzene rings is 1. The average Bonchev–Trinajstić information content (AvgIpc) is 2.87. The first-order valence-electron chi connectivity index (χ1n) is 5.36. The Morgan fingerprint density at radius 1 is 1.33 bits per heavy atom. The van der Waals surface area contributed by atoms with Crippen LogP contribution in [0.25, 0.3) is 10.9 Å². The van der Waals surface area contributed by atoms with E-state index in [-0.39, 0.29) is 0 Å². The number of aromatic nitrogens is 3. The molecule has 3 aromatic rings. The Morgan fingerprint density at radius 2 is 2.17 bits per heavy atom. The molecule has 0 aliphatic carbocycles. The monoisotopic (exact) mass is 281 g/mol. The van der Waals surface area contributed by atoms with Gasteiger partial charge in [0.25, 0.3) is 0 Å². The standard InChI is InChI=1S/C12H9Cl2N3O/c1-7-15-12(18-16-7)6-17-3-2-9-10(14)4-8(13)5-11(9)17/h2-5H,6H2,1H3. The van der Waals surface area contributed by atoms with Crippen LogP contribution < -0.4 is 0 Å². The van der Waals surface area contributed by atoms with E-state index in [0.717, 1.165) is 10.9 Å². The summed E-state index contributed by atoms with van der Waals surface area (Å²) in [6, 6.07) is 5.54. The smallest absolute Gasteiger partial charge is 0.246 e. The van der Waals surface area contributed by atoms with E-state index in [2.05, 4.69) is 10.1 Å². The van der Waals surface area contributed by atoms with E-state index < -0.39 is 0 Å². The molecule has 0 bridgehead atoms. The number of halogens is 2. The Balaban J connectivity index is 2.07. The van der Waals surface area contributed by atoms with Crippen molar-refractivity contribution in [2.75, 3.05) is 0 Å². The molecule has 18 heavy (non-hydrogen) atoms. The molecule has 0 aliphatic heterocycles. The summed E-state index contributed by atoms with van der Waals surface area (Å²) in [7, 11) is 0. The number of hydrogen-bond acceptors (Lipinski definition) is 3. The van der Waals surface area contributed by atoms with Crippen LogP contribution in [0.3, 0.4) is 0 Å². The molecule has 1 aromatic carbocycles. The van der Waals surface area contributed by atoms with Crippen LogP contribution in [0.15, 0.2) is 28.9 Å². The number of aryl methyl sites for hydroxylation is 1. The molecule has 0 atom stereocenters. The first-order chi connectivity index (χ1) is 8.63. The highest BCUT2D eigenvalue weighted by Gasteiger charge is 2.09. The molecule has 6 heteroatoms. The van der Waals surface area contributed by atoms with Crippen LogP contribution in [0.5, 0.6) is 0 Å². The lowest BCUT2D eigenvalue weighted by Gasteiger charge is -2.03. The third-order valence-electron chi connectivity index (χ3n) is 2.68. The van der Waals surface area contributed by atoms with Gasteiger partial charge in [0, 0.05) is 16.6 Å². The Bertz CT molecular complexity index is 717. The topological polar surface area (TPSA) is 43.9 Å². The minimum absolute atomic E-state index is 0.501. The van der Waals surface area contributed by atoms with E-state index in [0.29, 0.717) is 28.3 Å². The fourth-order valence-corrected chi connectivity index (χ4v) is 2.45. The predicted molar refractivity (Wildman–Crippen MR) is 70.1 cm³/mol. The Hall–Kier alpha value is -1.52. The van der Waals surface area contributed by atoms with Gasteiger partial charge in [-0.05, 0) is 25.1 Å². The molecule has 0 saturated carbocycles. The molecule has 0 spiro atoms. The largest absolute Gasteiger partial charge is 0.338 e. The molecule has 0 fully saturated rings. The number of nitrogens with zero attached hydrogens (tertiary/aromatic N) is 3. The maximum Gasteiger partial charge on any atom is 0.246 e. The lowest BCUT2D eigenvalue weighted by molar-refractivity contribution is 0.369. The van der Waals surface area contributed by atoms with E-state index in [1.54, 1.807) is 13.0 Å². The summed E-state index contributed by atoms with van der Waals surface area (Å²) < 4.78 is 7.07. The average molecular weight is 282 g/mol. The van der Waals surface area contributed by atoms with Crippen molar-refractivity contribution in [3.8, 4) is 0 Å². The van der Waals surface area contributed by atoms with Crippen LogP contribution in [-0.2, 0) is 6.54 Å². The lowest BCUT2D eigenvalue weighted by atomic mass is 10.2. The molecule has 0 N–H and O–H groups in total. The molecule has 0 unspecified atom stereocenters. The van der Waals surface area contributed by atoms with Crippen LogP contribution in [0, 0.1) is 6.92 Å². The van der Waals surface area contributed by atoms with Gasteiger partial charge in [0.2, 0.25) is 5.89 Å². The molecule has 0 aliphatic rings. The summed E-state index contributed by atoms with van der Waals surface area (Å²) in [6.45, 7) is 2.29.